The number of likely N-dealkylation sites (N-methyl/N-ethyl adjacent to an activating group) is 1. The molecule has 9 heteroatoms. The lowest BCUT2D eigenvalue weighted by Gasteiger charge is -2.35. The molecular weight excluding hydrogens is 444 g/mol. The van der Waals surface area contributed by atoms with E-state index >= 15 is 0 Å². The topological polar surface area (TPSA) is 89.1 Å². The van der Waals surface area contributed by atoms with Crippen LogP contribution >= 0.6 is 0 Å². The third-order valence-electron chi connectivity index (χ3n) is 6.98. The van der Waals surface area contributed by atoms with Crippen molar-refractivity contribution in [1.29, 1.82) is 0 Å². The number of aldehydes is 1. The highest BCUT2D eigenvalue weighted by Gasteiger charge is 2.23. The van der Waals surface area contributed by atoms with Crippen molar-refractivity contribution >= 4 is 23.8 Å². The first-order chi connectivity index (χ1) is 17.0. The van der Waals surface area contributed by atoms with E-state index in [9.17, 15) is 14.4 Å². The van der Waals surface area contributed by atoms with Gasteiger partial charge in [-0.2, -0.15) is 0 Å². The molecule has 0 saturated carbocycles. The van der Waals surface area contributed by atoms with Crippen LogP contribution in [0.5, 0.6) is 0 Å². The molecule has 194 valence electrons. The van der Waals surface area contributed by atoms with Crippen LogP contribution in [-0.2, 0) is 9.59 Å². The Morgan fingerprint density at radius 2 is 1.83 bits per heavy atom. The van der Waals surface area contributed by atoms with Crippen molar-refractivity contribution < 1.29 is 14.4 Å². The minimum Gasteiger partial charge on any atom is -0.382 e. The van der Waals surface area contributed by atoms with E-state index in [4.69, 9.17) is 0 Å². The van der Waals surface area contributed by atoms with E-state index in [2.05, 4.69) is 27.1 Å². The molecule has 1 atom stereocenters. The quantitative estimate of drug-likeness (QED) is 0.452. The standard InChI is InChI=1S/C26H42N6O3/c1-22(7-6-20-33)28-23-8-10-27-24(21-23)26(35)32-18-16-30(17-19-32)15-14-29(2)13-9-25(34)31-11-4-3-5-12-31/h8,10,20-22H,3-7,9,11-19H2,1-2H3,(H,27,28). The second-order valence-electron chi connectivity index (χ2n) is 9.85. The van der Waals surface area contributed by atoms with Crippen LogP contribution in [0.2, 0.25) is 0 Å². The van der Waals surface area contributed by atoms with E-state index in [0.717, 1.165) is 77.0 Å². The van der Waals surface area contributed by atoms with Crippen LogP contribution in [-0.4, -0.2) is 115 Å². The molecular formula is C26H42N6O3. The maximum absolute atomic E-state index is 13.0. The van der Waals surface area contributed by atoms with E-state index in [-0.39, 0.29) is 17.9 Å². The van der Waals surface area contributed by atoms with Gasteiger partial charge in [-0.15, -0.1) is 0 Å². The van der Waals surface area contributed by atoms with Gasteiger partial charge in [0.25, 0.3) is 5.91 Å². The van der Waals surface area contributed by atoms with E-state index in [1.165, 1.54) is 6.42 Å². The number of hydrogen-bond acceptors (Lipinski definition) is 7. The number of amides is 2. The molecule has 2 fully saturated rings. The molecule has 3 rings (SSSR count). The van der Waals surface area contributed by atoms with Gasteiger partial charge in [-0.1, -0.05) is 0 Å². The summed E-state index contributed by atoms with van der Waals surface area (Å²) in [7, 11) is 2.08. The van der Waals surface area contributed by atoms with Crippen molar-refractivity contribution in [3.8, 4) is 0 Å². The van der Waals surface area contributed by atoms with Crippen LogP contribution in [0.1, 0.15) is 55.9 Å². The van der Waals surface area contributed by atoms with Gasteiger partial charge < -0.3 is 24.8 Å². The number of carbonyl (C=O) groups is 3. The lowest BCUT2D eigenvalue weighted by Crippen LogP contribution is -2.50. The van der Waals surface area contributed by atoms with Gasteiger partial charge in [0.2, 0.25) is 5.91 Å². The first-order valence-corrected chi connectivity index (χ1v) is 13.1. The second-order valence-corrected chi connectivity index (χ2v) is 9.85. The Morgan fingerprint density at radius 3 is 2.54 bits per heavy atom. The monoisotopic (exact) mass is 486 g/mol. The number of piperazine rings is 1. The average molecular weight is 487 g/mol. The Morgan fingerprint density at radius 1 is 1.09 bits per heavy atom. The van der Waals surface area contributed by atoms with Crippen molar-refractivity contribution in [3.63, 3.8) is 0 Å². The van der Waals surface area contributed by atoms with Gasteiger partial charge in [0.05, 0.1) is 0 Å². The number of anilines is 1. The molecule has 0 aromatic carbocycles. The molecule has 1 N–H and O–H groups in total. The number of nitrogens with one attached hydrogen (secondary N) is 1. The summed E-state index contributed by atoms with van der Waals surface area (Å²) in [6, 6.07) is 3.80. The van der Waals surface area contributed by atoms with Crippen molar-refractivity contribution in [3.05, 3.63) is 24.0 Å². The number of pyridine rings is 1. The van der Waals surface area contributed by atoms with Crippen LogP contribution in [0.3, 0.4) is 0 Å². The lowest BCUT2D eigenvalue weighted by atomic mass is 10.1. The number of nitrogens with zero attached hydrogens (tertiary/aromatic N) is 5. The summed E-state index contributed by atoms with van der Waals surface area (Å²) >= 11 is 0. The maximum atomic E-state index is 13.0. The molecule has 0 aliphatic carbocycles. The second kappa shape index (κ2) is 14.1. The van der Waals surface area contributed by atoms with Crippen LogP contribution in [0.4, 0.5) is 5.69 Å². The van der Waals surface area contributed by atoms with Crippen LogP contribution in [0.15, 0.2) is 18.3 Å². The minimum absolute atomic E-state index is 0.0396. The van der Waals surface area contributed by atoms with Gasteiger partial charge in [-0.05, 0) is 51.8 Å². The number of aromatic nitrogens is 1. The number of likely N-dealkylation sites (tertiary alicyclic amines) is 1. The highest BCUT2D eigenvalue weighted by Crippen LogP contribution is 2.14. The number of piperidine rings is 1. The molecule has 1 aromatic heterocycles. The van der Waals surface area contributed by atoms with Gasteiger partial charge in [0.15, 0.2) is 0 Å². The normalized spacial score (nSPS) is 17.9. The molecule has 1 aromatic rings. The number of hydrogen-bond donors (Lipinski definition) is 1. The van der Waals surface area contributed by atoms with Crippen molar-refractivity contribution in [2.45, 2.75) is 51.5 Å². The molecule has 2 saturated heterocycles. The largest absolute Gasteiger partial charge is 0.382 e. The van der Waals surface area contributed by atoms with Crippen molar-refractivity contribution in [2.75, 3.05) is 71.3 Å². The Hall–Kier alpha value is -2.52. The Kier molecular flexibility index (Phi) is 10.9. The molecule has 0 radical (unpaired) electrons. The van der Waals surface area contributed by atoms with Gasteiger partial charge in [-0.3, -0.25) is 19.5 Å². The fraction of sp³-hybridized carbons (Fsp3) is 0.692. The molecule has 3 heterocycles. The summed E-state index contributed by atoms with van der Waals surface area (Å²) in [6.45, 7) is 9.55. The van der Waals surface area contributed by atoms with Crippen molar-refractivity contribution in [2.24, 2.45) is 0 Å². The molecule has 0 bridgehead atoms. The number of carbonyl (C=O) groups excluding carboxylic acids is 3. The summed E-state index contributed by atoms with van der Waals surface area (Å²) in [4.78, 5) is 48.7. The summed E-state index contributed by atoms with van der Waals surface area (Å²) < 4.78 is 0. The highest BCUT2D eigenvalue weighted by molar-refractivity contribution is 5.93. The Labute approximate surface area is 209 Å². The first kappa shape index (κ1) is 27.1. The van der Waals surface area contributed by atoms with Crippen molar-refractivity contribution in [1.82, 2.24) is 24.6 Å². The SMILES string of the molecule is CC(CCC=O)Nc1ccnc(C(=O)N2CCN(CCN(C)CCC(=O)N3CCCCC3)CC2)c1. The summed E-state index contributed by atoms with van der Waals surface area (Å²) in [6.07, 6.45) is 7.95. The lowest BCUT2D eigenvalue weighted by molar-refractivity contribution is -0.132. The van der Waals surface area contributed by atoms with E-state index < -0.39 is 0 Å². The Bertz CT molecular complexity index is 821. The predicted octanol–water partition coefficient (Wildman–Crippen LogP) is 1.95. The zero-order chi connectivity index (χ0) is 25.0. The van der Waals surface area contributed by atoms with Gasteiger partial charge in [-0.25, -0.2) is 0 Å². The molecule has 2 aliphatic rings. The third-order valence-corrected chi connectivity index (χ3v) is 6.98. The molecule has 2 aliphatic heterocycles. The maximum Gasteiger partial charge on any atom is 0.272 e. The molecule has 2 amide bonds. The highest BCUT2D eigenvalue weighted by atomic mass is 16.2. The fourth-order valence-electron chi connectivity index (χ4n) is 4.66. The molecule has 9 nitrogen and oxygen atoms in total. The number of rotatable bonds is 12. The zero-order valence-corrected chi connectivity index (χ0v) is 21.5. The van der Waals surface area contributed by atoms with Crippen LogP contribution < -0.4 is 5.32 Å². The van der Waals surface area contributed by atoms with Gasteiger partial charge >= 0.3 is 0 Å². The van der Waals surface area contributed by atoms with E-state index in [1.807, 2.05) is 22.8 Å². The van der Waals surface area contributed by atoms with E-state index in [1.54, 1.807) is 12.3 Å². The first-order valence-electron chi connectivity index (χ1n) is 13.1. The van der Waals surface area contributed by atoms with Crippen LogP contribution in [0.25, 0.3) is 0 Å². The molecule has 35 heavy (non-hydrogen) atoms. The molecule has 1 unspecified atom stereocenters. The Balaban J connectivity index is 1.36. The summed E-state index contributed by atoms with van der Waals surface area (Å²) in [5.74, 6) is 0.245. The minimum atomic E-state index is -0.0396. The predicted molar refractivity (Wildman–Crippen MR) is 138 cm³/mol. The van der Waals surface area contributed by atoms with Gasteiger partial charge in [0, 0.05) is 89.7 Å². The smallest absolute Gasteiger partial charge is 0.272 e. The summed E-state index contributed by atoms with van der Waals surface area (Å²) in [5, 5.41) is 3.34. The fourth-order valence-corrected chi connectivity index (χ4v) is 4.66. The average Bonchev–Trinajstić information content (AvgIpc) is 2.90. The molecule has 0 spiro atoms. The van der Waals surface area contributed by atoms with E-state index in [0.29, 0.717) is 31.6 Å². The third kappa shape index (κ3) is 8.89. The summed E-state index contributed by atoms with van der Waals surface area (Å²) in [5.41, 5.74) is 1.30. The van der Waals surface area contributed by atoms with Gasteiger partial charge in [0.1, 0.15) is 12.0 Å². The van der Waals surface area contributed by atoms with Crippen LogP contribution in [0, 0.1) is 0 Å². The zero-order valence-electron chi connectivity index (χ0n) is 21.5.